The van der Waals surface area contributed by atoms with E-state index in [0.717, 1.165) is 12.8 Å². The Kier molecular flexibility index (Phi) is 5.18. The molecule has 1 N–H and O–H groups in total. The standard InChI is InChI=1S/C29H28FNO3/c30-27-12-6-1-7-19(27)15-29(33)16-20-13-14-21(17-29)31(20)28(32)34-18-26-24-10-4-2-8-22(24)23-9-3-5-11-25(23)26/h1-12,20-21,26,33H,13-18H2. The molecule has 3 aliphatic rings. The predicted octanol–water partition coefficient (Wildman–Crippen LogP) is 5.68. The van der Waals surface area contributed by atoms with E-state index < -0.39 is 5.60 Å². The highest BCUT2D eigenvalue weighted by Gasteiger charge is 2.50. The van der Waals surface area contributed by atoms with E-state index in [1.165, 1.54) is 28.3 Å². The zero-order chi connectivity index (χ0) is 23.3. The fraction of sp³-hybridized carbons (Fsp3) is 0.345. The molecule has 6 rings (SSSR count). The van der Waals surface area contributed by atoms with Gasteiger partial charge in [0.2, 0.25) is 0 Å². The lowest BCUT2D eigenvalue weighted by Gasteiger charge is -2.43. The highest BCUT2D eigenvalue weighted by Crippen LogP contribution is 2.46. The van der Waals surface area contributed by atoms with Crippen LogP contribution >= 0.6 is 0 Å². The number of hydrogen-bond donors (Lipinski definition) is 1. The second kappa shape index (κ2) is 8.24. The molecule has 1 amide bonds. The minimum atomic E-state index is -1.01. The fourth-order valence-corrected chi connectivity index (χ4v) is 6.43. The highest BCUT2D eigenvalue weighted by molar-refractivity contribution is 5.79. The topological polar surface area (TPSA) is 49.8 Å². The molecular weight excluding hydrogens is 429 g/mol. The van der Waals surface area contributed by atoms with Gasteiger partial charge < -0.3 is 14.7 Å². The zero-order valence-corrected chi connectivity index (χ0v) is 19.0. The number of piperidine rings is 1. The Morgan fingerprint density at radius 1 is 0.912 bits per heavy atom. The summed E-state index contributed by atoms with van der Waals surface area (Å²) in [5.74, 6) is -0.265. The number of amides is 1. The lowest BCUT2D eigenvalue weighted by Crippen LogP contribution is -2.54. The van der Waals surface area contributed by atoms with Crippen molar-refractivity contribution in [3.05, 3.63) is 95.3 Å². The van der Waals surface area contributed by atoms with Crippen molar-refractivity contribution in [2.24, 2.45) is 0 Å². The number of carbonyl (C=O) groups excluding carboxylic acids is 1. The van der Waals surface area contributed by atoms with Crippen LogP contribution in [0.25, 0.3) is 11.1 Å². The van der Waals surface area contributed by atoms with Gasteiger partial charge in [-0.15, -0.1) is 0 Å². The summed E-state index contributed by atoms with van der Waals surface area (Å²) in [6.45, 7) is 0.294. The first kappa shape index (κ1) is 21.4. The first-order valence-electron chi connectivity index (χ1n) is 12.1. The maximum absolute atomic E-state index is 14.2. The van der Waals surface area contributed by atoms with Crippen LogP contribution in [0.15, 0.2) is 72.8 Å². The van der Waals surface area contributed by atoms with Gasteiger partial charge in [-0.3, -0.25) is 0 Å². The summed E-state index contributed by atoms with van der Waals surface area (Å²) in [5, 5.41) is 11.3. The van der Waals surface area contributed by atoms with Gasteiger partial charge in [-0.25, -0.2) is 9.18 Å². The van der Waals surface area contributed by atoms with Crippen molar-refractivity contribution in [2.75, 3.05) is 6.61 Å². The second-order valence-electron chi connectivity index (χ2n) is 10.00. The quantitative estimate of drug-likeness (QED) is 0.549. The number of ether oxygens (including phenoxy) is 1. The summed E-state index contributed by atoms with van der Waals surface area (Å²) < 4.78 is 20.1. The third-order valence-electron chi connectivity index (χ3n) is 7.88. The summed E-state index contributed by atoms with van der Waals surface area (Å²) in [4.78, 5) is 15.1. The Morgan fingerprint density at radius 2 is 1.47 bits per heavy atom. The molecule has 2 saturated heterocycles. The Morgan fingerprint density at radius 3 is 2.09 bits per heavy atom. The average Bonchev–Trinajstić information content (AvgIpc) is 3.31. The van der Waals surface area contributed by atoms with Crippen molar-refractivity contribution >= 4 is 6.09 Å². The minimum absolute atomic E-state index is 0.0248. The van der Waals surface area contributed by atoms with E-state index in [0.29, 0.717) is 25.0 Å². The van der Waals surface area contributed by atoms with Crippen molar-refractivity contribution in [3.63, 3.8) is 0 Å². The highest BCUT2D eigenvalue weighted by atomic mass is 19.1. The Bertz CT molecular complexity index is 1180. The van der Waals surface area contributed by atoms with Crippen LogP contribution in [0.1, 0.15) is 48.3 Å². The molecule has 4 nitrogen and oxygen atoms in total. The molecule has 5 heteroatoms. The normalized spacial score (nSPS) is 25.2. The Balaban J connectivity index is 1.16. The average molecular weight is 458 g/mol. The minimum Gasteiger partial charge on any atom is -0.448 e. The van der Waals surface area contributed by atoms with Gasteiger partial charge >= 0.3 is 6.09 Å². The monoisotopic (exact) mass is 457 g/mol. The van der Waals surface area contributed by atoms with Crippen molar-refractivity contribution in [2.45, 2.75) is 55.7 Å². The molecule has 0 spiro atoms. The van der Waals surface area contributed by atoms with Crippen LogP contribution in [0.5, 0.6) is 0 Å². The molecule has 2 aliphatic heterocycles. The van der Waals surface area contributed by atoms with Crippen LogP contribution in [0.4, 0.5) is 9.18 Å². The van der Waals surface area contributed by atoms with E-state index in [2.05, 4.69) is 24.3 Å². The van der Waals surface area contributed by atoms with Crippen LogP contribution in [-0.4, -0.2) is 40.4 Å². The molecule has 1 aliphatic carbocycles. The van der Waals surface area contributed by atoms with Crippen LogP contribution < -0.4 is 0 Å². The summed E-state index contributed by atoms with van der Waals surface area (Å²) in [6.07, 6.45) is 2.54. The van der Waals surface area contributed by atoms with Crippen LogP contribution in [-0.2, 0) is 11.2 Å². The summed E-state index contributed by atoms with van der Waals surface area (Å²) in [6, 6.07) is 23.1. The molecule has 0 saturated carbocycles. The number of hydrogen-bond acceptors (Lipinski definition) is 3. The van der Waals surface area contributed by atoms with Crippen LogP contribution in [0.3, 0.4) is 0 Å². The van der Waals surface area contributed by atoms with Gasteiger partial charge in [0, 0.05) is 24.4 Å². The summed E-state index contributed by atoms with van der Waals surface area (Å²) in [5.41, 5.74) is 4.31. The predicted molar refractivity (Wildman–Crippen MR) is 128 cm³/mol. The van der Waals surface area contributed by atoms with Gasteiger partial charge in [0.05, 0.1) is 5.60 Å². The van der Waals surface area contributed by atoms with Crippen molar-refractivity contribution in [1.82, 2.24) is 4.90 Å². The van der Waals surface area contributed by atoms with Crippen molar-refractivity contribution < 1.29 is 19.0 Å². The molecule has 2 bridgehead atoms. The van der Waals surface area contributed by atoms with E-state index in [9.17, 15) is 14.3 Å². The number of nitrogens with zero attached hydrogens (tertiary/aromatic N) is 1. The smallest absolute Gasteiger partial charge is 0.410 e. The van der Waals surface area contributed by atoms with Crippen LogP contribution in [0, 0.1) is 5.82 Å². The number of carbonyl (C=O) groups is 1. The molecule has 2 fully saturated rings. The first-order valence-corrected chi connectivity index (χ1v) is 12.1. The molecule has 0 radical (unpaired) electrons. The summed E-state index contributed by atoms with van der Waals surface area (Å²) >= 11 is 0. The molecule has 3 aromatic carbocycles. The SMILES string of the molecule is O=C(OCC1c2ccccc2-c2ccccc21)N1C2CCC1CC(O)(Cc1ccccc1F)C2. The number of aliphatic hydroxyl groups is 1. The van der Waals surface area contributed by atoms with E-state index in [4.69, 9.17) is 4.74 Å². The second-order valence-corrected chi connectivity index (χ2v) is 10.00. The molecule has 34 heavy (non-hydrogen) atoms. The van der Waals surface area contributed by atoms with Gasteiger partial charge in [0.15, 0.2) is 0 Å². The number of fused-ring (bicyclic) bond motifs is 5. The van der Waals surface area contributed by atoms with Gasteiger partial charge in [-0.1, -0.05) is 66.7 Å². The van der Waals surface area contributed by atoms with E-state index in [1.807, 2.05) is 29.2 Å². The van der Waals surface area contributed by atoms with E-state index in [1.54, 1.807) is 18.2 Å². The van der Waals surface area contributed by atoms with E-state index >= 15 is 0 Å². The Labute approximate surface area is 199 Å². The largest absolute Gasteiger partial charge is 0.448 e. The molecule has 2 heterocycles. The molecule has 2 unspecified atom stereocenters. The number of halogens is 1. The summed E-state index contributed by atoms with van der Waals surface area (Å²) in [7, 11) is 0. The molecule has 174 valence electrons. The van der Waals surface area contributed by atoms with E-state index in [-0.39, 0.29) is 36.3 Å². The van der Waals surface area contributed by atoms with Gasteiger partial charge in [0.25, 0.3) is 0 Å². The molecule has 3 aromatic rings. The fourth-order valence-electron chi connectivity index (χ4n) is 6.43. The maximum atomic E-state index is 14.2. The third kappa shape index (κ3) is 3.59. The Hall–Kier alpha value is -3.18. The lowest BCUT2D eigenvalue weighted by molar-refractivity contribution is -0.0483. The zero-order valence-electron chi connectivity index (χ0n) is 19.0. The lowest BCUT2D eigenvalue weighted by atomic mass is 9.81. The van der Waals surface area contributed by atoms with Gasteiger partial charge in [-0.2, -0.15) is 0 Å². The maximum Gasteiger partial charge on any atom is 0.410 e. The number of benzene rings is 3. The molecule has 0 aromatic heterocycles. The van der Waals surface area contributed by atoms with Crippen LogP contribution in [0.2, 0.25) is 0 Å². The number of rotatable bonds is 4. The third-order valence-corrected chi connectivity index (χ3v) is 7.88. The molecule has 2 atom stereocenters. The first-order chi connectivity index (χ1) is 16.5. The van der Waals surface area contributed by atoms with Crippen molar-refractivity contribution in [1.29, 1.82) is 0 Å². The van der Waals surface area contributed by atoms with Gasteiger partial charge in [-0.05, 0) is 59.6 Å². The van der Waals surface area contributed by atoms with Gasteiger partial charge in [0.1, 0.15) is 12.4 Å². The molecular formula is C29H28FNO3. The van der Waals surface area contributed by atoms with Crippen molar-refractivity contribution in [3.8, 4) is 11.1 Å².